The molecule has 5 nitrogen and oxygen atoms in total. The van der Waals surface area contributed by atoms with Crippen LogP contribution in [0.2, 0.25) is 0 Å². The summed E-state index contributed by atoms with van der Waals surface area (Å²) >= 11 is 0. The smallest absolute Gasteiger partial charge is 0.305 e. The molecule has 1 aromatic rings. The molecule has 2 atom stereocenters. The number of carboxylic acids is 1. The molecule has 0 bridgehead atoms. The van der Waals surface area contributed by atoms with Gasteiger partial charge in [-0.2, -0.15) is 0 Å². The molecule has 0 fully saturated rings. The second kappa shape index (κ2) is 6.00. The summed E-state index contributed by atoms with van der Waals surface area (Å²) in [6.45, 7) is 1.82. The Hall–Kier alpha value is -1.88. The molecular weight excluding hydrogens is 220 g/mol. The number of carbonyl (C=O) groups is 2. The zero-order valence-electron chi connectivity index (χ0n) is 9.59. The SMILES string of the molecule is C[C@H](NC(=O)C(N)CC(=O)O)c1ccccc1. The molecule has 0 aliphatic carbocycles. The third-order valence-electron chi connectivity index (χ3n) is 2.39. The van der Waals surface area contributed by atoms with Crippen molar-refractivity contribution in [3.63, 3.8) is 0 Å². The number of nitrogens with two attached hydrogens (primary N) is 1. The second-order valence-electron chi connectivity index (χ2n) is 3.85. The average molecular weight is 236 g/mol. The molecule has 5 heteroatoms. The molecule has 0 radical (unpaired) electrons. The first-order valence-corrected chi connectivity index (χ1v) is 5.33. The van der Waals surface area contributed by atoms with Gasteiger partial charge in [-0.3, -0.25) is 9.59 Å². The number of hydrogen-bond acceptors (Lipinski definition) is 3. The quantitative estimate of drug-likeness (QED) is 0.700. The van der Waals surface area contributed by atoms with Crippen LogP contribution in [0, 0.1) is 0 Å². The van der Waals surface area contributed by atoms with E-state index in [0.29, 0.717) is 0 Å². The molecule has 0 aromatic heterocycles. The van der Waals surface area contributed by atoms with E-state index in [-0.39, 0.29) is 12.5 Å². The average Bonchev–Trinajstić information content (AvgIpc) is 2.29. The highest BCUT2D eigenvalue weighted by Crippen LogP contribution is 2.11. The molecule has 0 saturated carbocycles. The van der Waals surface area contributed by atoms with Gasteiger partial charge in [0.1, 0.15) is 0 Å². The fraction of sp³-hybridized carbons (Fsp3) is 0.333. The summed E-state index contributed by atoms with van der Waals surface area (Å²) in [7, 11) is 0. The second-order valence-corrected chi connectivity index (χ2v) is 3.85. The molecule has 1 unspecified atom stereocenters. The van der Waals surface area contributed by atoms with Crippen LogP contribution in [0.1, 0.15) is 24.9 Å². The predicted molar refractivity (Wildman–Crippen MR) is 63.2 cm³/mol. The maximum Gasteiger partial charge on any atom is 0.305 e. The predicted octanol–water partition coefficient (Wildman–Crippen LogP) is 0.666. The van der Waals surface area contributed by atoms with Crippen LogP contribution in [0.25, 0.3) is 0 Å². The molecule has 1 amide bonds. The maximum absolute atomic E-state index is 11.6. The highest BCUT2D eigenvalue weighted by Gasteiger charge is 2.18. The standard InChI is InChI=1S/C12H16N2O3/c1-8(9-5-3-2-4-6-9)14-12(17)10(13)7-11(15)16/h2-6,8,10H,7,13H2,1H3,(H,14,17)(H,15,16)/t8-,10?/m0/s1. The van der Waals surface area contributed by atoms with Crippen molar-refractivity contribution in [2.24, 2.45) is 5.73 Å². The van der Waals surface area contributed by atoms with Crippen LogP contribution in [0.15, 0.2) is 30.3 Å². The summed E-state index contributed by atoms with van der Waals surface area (Å²) in [5.41, 5.74) is 6.40. The first-order chi connectivity index (χ1) is 8.00. The Balaban J connectivity index is 2.54. The molecule has 92 valence electrons. The van der Waals surface area contributed by atoms with Gasteiger partial charge in [0.2, 0.25) is 5.91 Å². The van der Waals surface area contributed by atoms with Crippen LogP contribution < -0.4 is 11.1 Å². The zero-order valence-corrected chi connectivity index (χ0v) is 9.59. The lowest BCUT2D eigenvalue weighted by molar-refractivity contribution is -0.139. The molecule has 4 N–H and O–H groups in total. The lowest BCUT2D eigenvalue weighted by atomic mass is 10.1. The van der Waals surface area contributed by atoms with Gasteiger partial charge in [0.25, 0.3) is 0 Å². The Bertz CT molecular complexity index is 392. The molecular formula is C12H16N2O3. The topological polar surface area (TPSA) is 92.4 Å². The minimum atomic E-state index is -1.08. The van der Waals surface area contributed by atoms with Crippen molar-refractivity contribution in [2.75, 3.05) is 0 Å². The number of aliphatic carboxylic acids is 1. The molecule has 1 rings (SSSR count). The molecule has 0 aliphatic rings. The molecule has 17 heavy (non-hydrogen) atoms. The number of carbonyl (C=O) groups excluding carboxylic acids is 1. The third-order valence-corrected chi connectivity index (χ3v) is 2.39. The highest BCUT2D eigenvalue weighted by molar-refractivity contribution is 5.86. The minimum absolute atomic E-state index is 0.191. The van der Waals surface area contributed by atoms with Gasteiger partial charge >= 0.3 is 5.97 Å². The van der Waals surface area contributed by atoms with E-state index in [4.69, 9.17) is 10.8 Å². The van der Waals surface area contributed by atoms with Gasteiger partial charge in [-0.1, -0.05) is 30.3 Å². The van der Waals surface area contributed by atoms with E-state index in [0.717, 1.165) is 5.56 Å². The van der Waals surface area contributed by atoms with Gasteiger partial charge in [-0.25, -0.2) is 0 Å². The van der Waals surface area contributed by atoms with E-state index < -0.39 is 17.9 Å². The number of rotatable bonds is 5. The van der Waals surface area contributed by atoms with Crippen molar-refractivity contribution >= 4 is 11.9 Å². The van der Waals surface area contributed by atoms with Crippen LogP contribution in [0.4, 0.5) is 0 Å². The Labute approximate surface area is 99.6 Å². The summed E-state index contributed by atoms with van der Waals surface area (Å²) in [5.74, 6) is -1.54. The van der Waals surface area contributed by atoms with Crippen molar-refractivity contribution in [2.45, 2.75) is 25.4 Å². The van der Waals surface area contributed by atoms with Gasteiger partial charge in [0, 0.05) is 0 Å². The number of amides is 1. The van der Waals surface area contributed by atoms with Gasteiger partial charge < -0.3 is 16.2 Å². The van der Waals surface area contributed by atoms with Crippen molar-refractivity contribution in [1.29, 1.82) is 0 Å². The molecule has 0 spiro atoms. The fourth-order valence-corrected chi connectivity index (χ4v) is 1.43. The van der Waals surface area contributed by atoms with Crippen LogP contribution in [0.3, 0.4) is 0 Å². The van der Waals surface area contributed by atoms with Gasteiger partial charge in [-0.15, -0.1) is 0 Å². The van der Waals surface area contributed by atoms with Gasteiger partial charge in [0.05, 0.1) is 18.5 Å². The lowest BCUT2D eigenvalue weighted by Gasteiger charge is -2.16. The van der Waals surface area contributed by atoms with E-state index in [1.54, 1.807) is 0 Å². The fourth-order valence-electron chi connectivity index (χ4n) is 1.43. The lowest BCUT2D eigenvalue weighted by Crippen LogP contribution is -2.42. The summed E-state index contributed by atoms with van der Waals surface area (Å²) < 4.78 is 0. The number of benzene rings is 1. The first kappa shape index (κ1) is 13.2. The Morgan fingerprint density at radius 3 is 2.47 bits per heavy atom. The van der Waals surface area contributed by atoms with Crippen molar-refractivity contribution in [3.8, 4) is 0 Å². The van der Waals surface area contributed by atoms with E-state index in [1.165, 1.54) is 0 Å². The minimum Gasteiger partial charge on any atom is -0.481 e. The van der Waals surface area contributed by atoms with Crippen molar-refractivity contribution in [1.82, 2.24) is 5.32 Å². The Kier molecular flexibility index (Phi) is 4.66. The third kappa shape index (κ3) is 4.24. The monoisotopic (exact) mass is 236 g/mol. The maximum atomic E-state index is 11.6. The van der Waals surface area contributed by atoms with Gasteiger partial charge in [0.15, 0.2) is 0 Å². The van der Waals surface area contributed by atoms with Crippen LogP contribution >= 0.6 is 0 Å². The molecule has 0 aliphatic heterocycles. The molecule has 0 heterocycles. The van der Waals surface area contributed by atoms with E-state index in [1.807, 2.05) is 37.3 Å². The number of nitrogens with one attached hydrogen (secondary N) is 1. The number of carboxylic acid groups (broad SMARTS) is 1. The first-order valence-electron chi connectivity index (χ1n) is 5.33. The molecule has 0 saturated heterocycles. The highest BCUT2D eigenvalue weighted by atomic mass is 16.4. The molecule has 1 aromatic carbocycles. The zero-order chi connectivity index (χ0) is 12.8. The van der Waals surface area contributed by atoms with Crippen LogP contribution in [0.5, 0.6) is 0 Å². The van der Waals surface area contributed by atoms with E-state index in [2.05, 4.69) is 5.32 Å². The normalized spacial score (nSPS) is 13.8. The number of hydrogen-bond donors (Lipinski definition) is 3. The van der Waals surface area contributed by atoms with E-state index >= 15 is 0 Å². The summed E-state index contributed by atoms with van der Waals surface area (Å²) in [4.78, 5) is 22.0. The summed E-state index contributed by atoms with van der Waals surface area (Å²) in [6.07, 6.45) is -0.368. The summed E-state index contributed by atoms with van der Waals surface area (Å²) in [5, 5.41) is 11.2. The summed E-state index contributed by atoms with van der Waals surface area (Å²) in [6, 6.07) is 8.18. The van der Waals surface area contributed by atoms with Crippen molar-refractivity contribution in [3.05, 3.63) is 35.9 Å². The Morgan fingerprint density at radius 1 is 1.35 bits per heavy atom. The van der Waals surface area contributed by atoms with Crippen LogP contribution in [-0.4, -0.2) is 23.0 Å². The van der Waals surface area contributed by atoms with Crippen LogP contribution in [-0.2, 0) is 9.59 Å². The van der Waals surface area contributed by atoms with Gasteiger partial charge in [-0.05, 0) is 12.5 Å². The largest absolute Gasteiger partial charge is 0.481 e. The Morgan fingerprint density at radius 2 is 1.94 bits per heavy atom. The van der Waals surface area contributed by atoms with Crippen molar-refractivity contribution < 1.29 is 14.7 Å². The van der Waals surface area contributed by atoms with E-state index in [9.17, 15) is 9.59 Å².